The van der Waals surface area contributed by atoms with E-state index in [9.17, 15) is 14.4 Å². The van der Waals surface area contributed by atoms with Gasteiger partial charge >= 0.3 is 0 Å². The summed E-state index contributed by atoms with van der Waals surface area (Å²) in [6.07, 6.45) is 9.02. The smallest absolute Gasteiger partial charge is 0.250 e. The van der Waals surface area contributed by atoms with Crippen molar-refractivity contribution in [3.63, 3.8) is 0 Å². The van der Waals surface area contributed by atoms with Gasteiger partial charge in [-0.05, 0) is 41.3 Å². The molecule has 1 amide bonds. The van der Waals surface area contributed by atoms with E-state index in [0.29, 0.717) is 36.0 Å². The fourth-order valence-corrected chi connectivity index (χ4v) is 3.21. The van der Waals surface area contributed by atoms with Crippen molar-refractivity contribution in [3.8, 4) is 11.1 Å². The molecule has 30 heavy (non-hydrogen) atoms. The molecule has 1 aliphatic rings. The van der Waals surface area contributed by atoms with Crippen LogP contribution in [0.2, 0.25) is 0 Å². The monoisotopic (exact) mass is 403 g/mol. The minimum absolute atomic E-state index is 0.198. The summed E-state index contributed by atoms with van der Waals surface area (Å²) in [4.78, 5) is 37.2. The number of aldehydes is 2. The Morgan fingerprint density at radius 1 is 1.00 bits per heavy atom. The van der Waals surface area contributed by atoms with Gasteiger partial charge in [0, 0.05) is 37.4 Å². The van der Waals surface area contributed by atoms with Crippen LogP contribution in [0.3, 0.4) is 0 Å². The molecule has 5 heteroatoms. The van der Waals surface area contributed by atoms with Crippen LogP contribution in [0.15, 0.2) is 84.0 Å². The Hall–Kier alpha value is -3.57. The van der Waals surface area contributed by atoms with Gasteiger partial charge in [-0.25, -0.2) is 0 Å². The molecule has 3 rings (SSSR count). The third kappa shape index (κ3) is 5.72. The molecule has 0 aromatic heterocycles. The van der Waals surface area contributed by atoms with E-state index in [1.54, 1.807) is 30.2 Å². The lowest BCUT2D eigenvalue weighted by molar-refractivity contribution is -0.126. The second kappa shape index (κ2) is 11.4. The standard InChI is InChI=1S/C24H21NO3.CH4O/c1-25(24(28)23-11-7-3-6-10-21(23)17-27)15-18-12-19(16-26)14-22(13-18)20-8-4-2-5-9-20;1-2/h2-10,12-14,16-17H,11,15H2,1H3;2H,1H3. The predicted molar refractivity (Wildman–Crippen MR) is 118 cm³/mol. The van der Waals surface area contributed by atoms with E-state index in [1.165, 1.54) is 0 Å². The summed E-state index contributed by atoms with van der Waals surface area (Å²) in [5.41, 5.74) is 4.21. The molecular weight excluding hydrogens is 378 g/mol. The zero-order valence-corrected chi connectivity index (χ0v) is 17.1. The first-order chi connectivity index (χ1) is 14.6. The van der Waals surface area contributed by atoms with Gasteiger partial charge in [0.1, 0.15) is 6.29 Å². The van der Waals surface area contributed by atoms with Crippen molar-refractivity contribution in [2.24, 2.45) is 0 Å². The first kappa shape index (κ1) is 22.7. The predicted octanol–water partition coefficient (Wildman–Crippen LogP) is 3.74. The third-order valence-corrected chi connectivity index (χ3v) is 4.60. The summed E-state index contributed by atoms with van der Waals surface area (Å²) in [6, 6.07) is 15.4. The van der Waals surface area contributed by atoms with Crippen LogP contribution in [0, 0.1) is 0 Å². The van der Waals surface area contributed by atoms with E-state index in [2.05, 4.69) is 0 Å². The quantitative estimate of drug-likeness (QED) is 0.746. The van der Waals surface area contributed by atoms with Gasteiger partial charge in [0.05, 0.1) is 0 Å². The maximum atomic E-state index is 12.9. The number of aliphatic hydroxyl groups is 1. The SMILES string of the molecule is CN(Cc1cc(C=O)cc(-c2ccccc2)c1)C(=O)C1=C(C=O)C=CC=CC1.CO. The highest BCUT2D eigenvalue weighted by atomic mass is 16.2. The number of carbonyl (C=O) groups excluding carboxylic acids is 3. The second-order valence-electron chi connectivity index (χ2n) is 6.65. The number of hydrogen-bond donors (Lipinski definition) is 1. The van der Waals surface area contributed by atoms with Gasteiger partial charge in [-0.15, -0.1) is 0 Å². The molecule has 0 atom stereocenters. The Morgan fingerprint density at radius 3 is 2.40 bits per heavy atom. The number of carbonyl (C=O) groups is 3. The number of amides is 1. The molecule has 2 aromatic carbocycles. The number of nitrogens with zero attached hydrogens (tertiary/aromatic N) is 1. The first-order valence-corrected chi connectivity index (χ1v) is 9.48. The molecule has 0 radical (unpaired) electrons. The molecule has 0 saturated carbocycles. The zero-order valence-electron chi connectivity index (χ0n) is 17.1. The van der Waals surface area contributed by atoms with Crippen LogP contribution in [0.1, 0.15) is 22.3 Å². The molecule has 0 unspecified atom stereocenters. The molecule has 154 valence electrons. The molecule has 0 saturated heterocycles. The Morgan fingerprint density at radius 2 is 1.73 bits per heavy atom. The third-order valence-electron chi connectivity index (χ3n) is 4.60. The molecule has 1 aliphatic carbocycles. The van der Waals surface area contributed by atoms with Crippen LogP contribution in [0.4, 0.5) is 0 Å². The van der Waals surface area contributed by atoms with Gasteiger partial charge in [-0.3, -0.25) is 14.4 Å². The molecule has 1 N–H and O–H groups in total. The maximum Gasteiger partial charge on any atom is 0.250 e. The number of likely N-dealkylation sites (N-methyl/N-ethyl adjacent to an activating group) is 1. The topological polar surface area (TPSA) is 74.7 Å². The van der Waals surface area contributed by atoms with Crippen LogP contribution in [0.5, 0.6) is 0 Å². The van der Waals surface area contributed by atoms with Crippen molar-refractivity contribution in [3.05, 3.63) is 95.1 Å². The van der Waals surface area contributed by atoms with E-state index in [-0.39, 0.29) is 5.91 Å². The lowest BCUT2D eigenvalue weighted by Gasteiger charge is -2.20. The Labute approximate surface area is 176 Å². The Balaban J connectivity index is 0.00000155. The zero-order chi connectivity index (χ0) is 21.9. The minimum Gasteiger partial charge on any atom is -0.400 e. The number of hydrogen-bond acceptors (Lipinski definition) is 4. The van der Waals surface area contributed by atoms with E-state index < -0.39 is 0 Å². The van der Waals surface area contributed by atoms with Crippen molar-refractivity contribution in [2.75, 3.05) is 14.2 Å². The van der Waals surface area contributed by atoms with E-state index in [1.807, 2.05) is 54.6 Å². The highest BCUT2D eigenvalue weighted by molar-refractivity contribution is 6.00. The molecule has 0 aliphatic heterocycles. The molecule has 5 nitrogen and oxygen atoms in total. The van der Waals surface area contributed by atoms with Crippen LogP contribution >= 0.6 is 0 Å². The van der Waals surface area contributed by atoms with Crippen molar-refractivity contribution in [2.45, 2.75) is 13.0 Å². The van der Waals surface area contributed by atoms with Gasteiger partial charge in [0.2, 0.25) is 0 Å². The second-order valence-corrected chi connectivity index (χ2v) is 6.65. The largest absolute Gasteiger partial charge is 0.400 e. The van der Waals surface area contributed by atoms with Gasteiger partial charge in [0.25, 0.3) is 5.91 Å². The van der Waals surface area contributed by atoms with E-state index in [0.717, 1.165) is 30.1 Å². The fourth-order valence-electron chi connectivity index (χ4n) is 3.21. The summed E-state index contributed by atoms with van der Waals surface area (Å²) < 4.78 is 0. The van der Waals surface area contributed by atoms with E-state index in [4.69, 9.17) is 5.11 Å². The summed E-state index contributed by atoms with van der Waals surface area (Å²) in [7, 11) is 2.70. The number of rotatable bonds is 6. The van der Waals surface area contributed by atoms with Gasteiger partial charge in [-0.1, -0.05) is 54.6 Å². The van der Waals surface area contributed by atoms with Crippen molar-refractivity contribution in [1.29, 1.82) is 0 Å². The maximum absolute atomic E-state index is 12.9. The fraction of sp³-hybridized carbons (Fsp3) is 0.160. The summed E-state index contributed by atoms with van der Waals surface area (Å²) in [5, 5.41) is 7.00. The molecular formula is C25H25NO4. The minimum atomic E-state index is -0.198. The first-order valence-electron chi connectivity index (χ1n) is 9.48. The van der Waals surface area contributed by atoms with Crippen molar-refractivity contribution in [1.82, 2.24) is 4.90 Å². The van der Waals surface area contributed by atoms with Gasteiger partial charge < -0.3 is 10.0 Å². The molecule has 0 bridgehead atoms. The molecule has 0 spiro atoms. The number of aliphatic hydroxyl groups excluding tert-OH is 1. The van der Waals surface area contributed by atoms with Crippen LogP contribution in [-0.4, -0.2) is 42.6 Å². The van der Waals surface area contributed by atoms with Crippen LogP contribution in [0.25, 0.3) is 11.1 Å². The Kier molecular flexibility index (Phi) is 8.66. The lowest BCUT2D eigenvalue weighted by Crippen LogP contribution is -2.28. The average Bonchev–Trinajstić information content (AvgIpc) is 3.05. The Bertz CT molecular complexity index is 987. The summed E-state index contributed by atoms with van der Waals surface area (Å²) in [6.45, 7) is 0.337. The molecule has 0 fully saturated rings. The average molecular weight is 403 g/mol. The molecule has 0 heterocycles. The number of benzene rings is 2. The lowest BCUT2D eigenvalue weighted by atomic mass is 9.99. The highest BCUT2D eigenvalue weighted by Gasteiger charge is 2.18. The summed E-state index contributed by atoms with van der Waals surface area (Å²) >= 11 is 0. The summed E-state index contributed by atoms with van der Waals surface area (Å²) in [5.74, 6) is -0.198. The number of allylic oxidation sites excluding steroid dienone is 5. The van der Waals surface area contributed by atoms with E-state index >= 15 is 0 Å². The van der Waals surface area contributed by atoms with Crippen molar-refractivity contribution >= 4 is 18.5 Å². The highest BCUT2D eigenvalue weighted by Crippen LogP contribution is 2.23. The van der Waals surface area contributed by atoms with Crippen molar-refractivity contribution < 1.29 is 19.5 Å². The normalized spacial score (nSPS) is 12.5. The molecule has 2 aromatic rings. The van der Waals surface area contributed by atoms with Crippen LogP contribution < -0.4 is 0 Å². The van der Waals surface area contributed by atoms with Gasteiger partial charge in [-0.2, -0.15) is 0 Å². The van der Waals surface area contributed by atoms with Gasteiger partial charge in [0.15, 0.2) is 6.29 Å². The van der Waals surface area contributed by atoms with Crippen LogP contribution in [-0.2, 0) is 16.1 Å².